The van der Waals surface area contributed by atoms with E-state index in [1.807, 2.05) is 18.2 Å². The molecule has 0 bridgehead atoms. The molecular weight excluding hydrogens is 370 g/mol. The summed E-state index contributed by atoms with van der Waals surface area (Å²) in [5.74, 6) is 0. The van der Waals surface area contributed by atoms with Crippen molar-refractivity contribution in [3.05, 3.63) is 50.2 Å². The minimum absolute atomic E-state index is 0.315. The number of para-hydroxylation sites is 1. The summed E-state index contributed by atoms with van der Waals surface area (Å²) >= 11 is 7.26. The summed E-state index contributed by atoms with van der Waals surface area (Å²) in [6.45, 7) is 2.09. The second-order valence-corrected chi connectivity index (χ2v) is 6.71. The summed E-state index contributed by atoms with van der Waals surface area (Å²) in [5.41, 5.74) is 4.61. The molecule has 3 rings (SSSR count). The van der Waals surface area contributed by atoms with Crippen molar-refractivity contribution in [3.8, 4) is 5.69 Å². The van der Waals surface area contributed by atoms with Crippen molar-refractivity contribution in [1.82, 2.24) is 4.57 Å². The Balaban J connectivity index is 2.26. The van der Waals surface area contributed by atoms with Crippen LogP contribution in [0.15, 0.2) is 33.2 Å². The summed E-state index contributed by atoms with van der Waals surface area (Å²) in [6, 6.07) is 8.22. The third kappa shape index (κ3) is 2.20. The van der Waals surface area contributed by atoms with Crippen molar-refractivity contribution in [1.29, 1.82) is 0 Å². The first-order valence-corrected chi connectivity index (χ1v) is 8.01. The van der Waals surface area contributed by atoms with Crippen LogP contribution >= 0.6 is 31.9 Å². The zero-order valence-corrected chi connectivity index (χ0v) is 13.8. The molecule has 0 fully saturated rings. The molecule has 1 aliphatic rings. The minimum atomic E-state index is -0.315. The largest absolute Gasteiger partial charge is 0.388 e. The van der Waals surface area contributed by atoms with Crippen LogP contribution < -0.4 is 0 Å². The van der Waals surface area contributed by atoms with E-state index in [0.717, 1.165) is 39.5 Å². The second-order valence-electron chi connectivity index (χ2n) is 5.00. The quantitative estimate of drug-likeness (QED) is 0.758. The van der Waals surface area contributed by atoms with Crippen molar-refractivity contribution < 1.29 is 5.11 Å². The van der Waals surface area contributed by atoms with Crippen LogP contribution in [0.5, 0.6) is 0 Å². The fourth-order valence-corrected chi connectivity index (χ4v) is 4.24. The van der Waals surface area contributed by atoms with E-state index in [4.69, 9.17) is 0 Å². The van der Waals surface area contributed by atoms with Gasteiger partial charge in [0.2, 0.25) is 0 Å². The zero-order chi connectivity index (χ0) is 13.6. The Hall–Kier alpha value is -0.580. The lowest BCUT2D eigenvalue weighted by molar-refractivity contribution is 0.156. The normalized spacial score (nSPS) is 18.4. The number of halogens is 2. The predicted octanol–water partition coefficient (Wildman–Crippen LogP) is 4.68. The Morgan fingerprint density at radius 3 is 2.63 bits per heavy atom. The maximum absolute atomic E-state index is 10.1. The van der Waals surface area contributed by atoms with Crippen LogP contribution in [0.3, 0.4) is 0 Å². The molecule has 1 aromatic carbocycles. The van der Waals surface area contributed by atoms with E-state index in [0.29, 0.717) is 0 Å². The number of aromatic nitrogens is 1. The molecule has 0 saturated carbocycles. The fourth-order valence-electron chi connectivity index (χ4n) is 2.89. The van der Waals surface area contributed by atoms with Gasteiger partial charge in [0, 0.05) is 25.9 Å². The highest BCUT2D eigenvalue weighted by atomic mass is 79.9. The van der Waals surface area contributed by atoms with Crippen LogP contribution in [0.4, 0.5) is 0 Å². The molecule has 0 radical (unpaired) electrons. The molecule has 1 N–H and O–H groups in total. The van der Waals surface area contributed by atoms with Gasteiger partial charge in [0.05, 0.1) is 11.8 Å². The molecule has 2 nitrogen and oxygen atoms in total. The first-order valence-electron chi connectivity index (χ1n) is 6.43. The van der Waals surface area contributed by atoms with Crippen LogP contribution in [0.1, 0.15) is 35.9 Å². The lowest BCUT2D eigenvalue weighted by atomic mass is 9.95. The monoisotopic (exact) mass is 383 g/mol. The molecule has 0 saturated heterocycles. The number of hydrogen-bond donors (Lipinski definition) is 1. The summed E-state index contributed by atoms with van der Waals surface area (Å²) < 4.78 is 4.37. The van der Waals surface area contributed by atoms with Gasteiger partial charge in [0.1, 0.15) is 0 Å². The summed E-state index contributed by atoms with van der Waals surface area (Å²) in [6.07, 6.45) is 2.62. The Kier molecular flexibility index (Phi) is 3.58. The van der Waals surface area contributed by atoms with E-state index >= 15 is 0 Å². The third-order valence-electron chi connectivity index (χ3n) is 3.73. The topological polar surface area (TPSA) is 25.2 Å². The van der Waals surface area contributed by atoms with Crippen LogP contribution in [0.25, 0.3) is 5.69 Å². The molecule has 2 aromatic rings. The summed E-state index contributed by atoms with van der Waals surface area (Å²) in [4.78, 5) is 0. The number of fused-ring (bicyclic) bond motifs is 1. The highest BCUT2D eigenvalue weighted by molar-refractivity contribution is 9.11. The maximum atomic E-state index is 10.1. The lowest BCUT2D eigenvalue weighted by Crippen LogP contribution is -2.12. The molecule has 100 valence electrons. The highest BCUT2D eigenvalue weighted by Gasteiger charge is 2.25. The molecule has 1 aromatic heterocycles. The first-order chi connectivity index (χ1) is 9.09. The number of aliphatic hydroxyl groups excluding tert-OH is 1. The van der Waals surface area contributed by atoms with E-state index in [-0.39, 0.29) is 6.10 Å². The lowest BCUT2D eigenvalue weighted by Gasteiger charge is -2.21. The Bertz CT molecular complexity index is 613. The van der Waals surface area contributed by atoms with Crippen molar-refractivity contribution in [2.24, 2.45) is 0 Å². The smallest absolute Gasteiger partial charge is 0.0807 e. The molecule has 19 heavy (non-hydrogen) atoms. The number of nitrogens with zero attached hydrogens (tertiary/aromatic N) is 1. The van der Waals surface area contributed by atoms with Gasteiger partial charge in [-0.3, -0.25) is 0 Å². The van der Waals surface area contributed by atoms with Gasteiger partial charge in [0.25, 0.3) is 0 Å². The Morgan fingerprint density at radius 2 is 1.95 bits per heavy atom. The molecule has 0 aliphatic heterocycles. The molecule has 1 unspecified atom stereocenters. The van der Waals surface area contributed by atoms with Crippen LogP contribution in [-0.2, 0) is 6.42 Å². The van der Waals surface area contributed by atoms with Gasteiger partial charge < -0.3 is 9.67 Å². The number of rotatable bonds is 1. The number of benzene rings is 1. The molecule has 1 aliphatic carbocycles. The van der Waals surface area contributed by atoms with Gasteiger partial charge >= 0.3 is 0 Å². The SMILES string of the molecule is Cc1cc2c(n1-c1c(Br)cccc1Br)CCCC2O. The van der Waals surface area contributed by atoms with Crippen LogP contribution in [0.2, 0.25) is 0 Å². The van der Waals surface area contributed by atoms with E-state index in [1.165, 1.54) is 11.4 Å². The van der Waals surface area contributed by atoms with E-state index in [1.54, 1.807) is 0 Å². The number of aryl methyl sites for hydroxylation is 1. The summed E-state index contributed by atoms with van der Waals surface area (Å²) in [7, 11) is 0. The standard InChI is InChI=1S/C15H15Br2NO/c1-9-8-10-13(6-3-7-14(10)19)18(9)15-11(16)4-2-5-12(15)17/h2,4-5,8,14,19H,3,6-7H2,1H3. The molecule has 0 amide bonds. The molecule has 0 spiro atoms. The van der Waals surface area contributed by atoms with E-state index in [2.05, 4.69) is 49.4 Å². The van der Waals surface area contributed by atoms with Crippen molar-refractivity contribution in [2.75, 3.05) is 0 Å². The number of hydrogen-bond acceptors (Lipinski definition) is 1. The van der Waals surface area contributed by atoms with Gasteiger partial charge in [-0.25, -0.2) is 0 Å². The van der Waals surface area contributed by atoms with Crippen molar-refractivity contribution in [3.63, 3.8) is 0 Å². The van der Waals surface area contributed by atoms with Gasteiger partial charge in [-0.15, -0.1) is 0 Å². The predicted molar refractivity (Wildman–Crippen MR) is 83.8 cm³/mol. The minimum Gasteiger partial charge on any atom is -0.388 e. The zero-order valence-electron chi connectivity index (χ0n) is 10.7. The van der Waals surface area contributed by atoms with E-state index in [9.17, 15) is 5.11 Å². The average Bonchev–Trinajstić information content (AvgIpc) is 2.68. The van der Waals surface area contributed by atoms with Gasteiger partial charge in [0.15, 0.2) is 0 Å². The van der Waals surface area contributed by atoms with Gasteiger partial charge in [-0.1, -0.05) is 6.07 Å². The Morgan fingerprint density at radius 1 is 1.26 bits per heavy atom. The number of aliphatic hydroxyl groups is 1. The van der Waals surface area contributed by atoms with Crippen LogP contribution in [0, 0.1) is 6.92 Å². The maximum Gasteiger partial charge on any atom is 0.0807 e. The Labute approximate surface area is 129 Å². The highest BCUT2D eigenvalue weighted by Crippen LogP contribution is 2.38. The van der Waals surface area contributed by atoms with Crippen molar-refractivity contribution in [2.45, 2.75) is 32.3 Å². The molecule has 1 atom stereocenters. The molecular formula is C15H15Br2NO. The molecule has 4 heteroatoms. The third-order valence-corrected chi connectivity index (χ3v) is 5.01. The average molecular weight is 385 g/mol. The molecule has 1 heterocycles. The van der Waals surface area contributed by atoms with Crippen LogP contribution in [-0.4, -0.2) is 9.67 Å². The summed E-state index contributed by atoms with van der Waals surface area (Å²) in [5, 5.41) is 10.1. The second kappa shape index (κ2) is 5.08. The van der Waals surface area contributed by atoms with Gasteiger partial charge in [-0.2, -0.15) is 0 Å². The fraction of sp³-hybridized carbons (Fsp3) is 0.333. The van der Waals surface area contributed by atoms with Gasteiger partial charge in [-0.05, 0) is 76.2 Å². The van der Waals surface area contributed by atoms with E-state index < -0.39 is 0 Å². The van der Waals surface area contributed by atoms with Crippen molar-refractivity contribution >= 4 is 31.9 Å². The first kappa shape index (κ1) is 13.4.